The summed E-state index contributed by atoms with van der Waals surface area (Å²) in [5, 5.41) is 29.3. The molecule has 114 valence electrons. The van der Waals surface area contributed by atoms with Gasteiger partial charge < -0.3 is 10.2 Å². The molecule has 0 unspecified atom stereocenters. The van der Waals surface area contributed by atoms with Crippen LogP contribution in [0.15, 0.2) is 18.2 Å². The molecule has 0 radical (unpaired) electrons. The second-order valence-corrected chi connectivity index (χ2v) is 5.28. The van der Waals surface area contributed by atoms with Gasteiger partial charge in [-0.1, -0.05) is 12.1 Å². The van der Waals surface area contributed by atoms with E-state index in [0.717, 1.165) is 25.9 Å². The monoisotopic (exact) mass is 294 g/mol. The van der Waals surface area contributed by atoms with E-state index in [1.54, 1.807) is 6.07 Å². The van der Waals surface area contributed by atoms with Gasteiger partial charge in [0.25, 0.3) is 5.69 Å². The molecular formula is C14H18N2O5. The zero-order valence-corrected chi connectivity index (χ0v) is 11.6. The number of nitro benzene ring substituents is 1. The topological polar surface area (TPSA) is 104 Å². The van der Waals surface area contributed by atoms with Gasteiger partial charge >= 0.3 is 5.97 Å². The summed E-state index contributed by atoms with van der Waals surface area (Å²) in [7, 11) is 0. The molecule has 1 aromatic carbocycles. The third-order valence-electron chi connectivity index (χ3n) is 3.90. The Morgan fingerprint density at radius 1 is 1.38 bits per heavy atom. The van der Waals surface area contributed by atoms with Gasteiger partial charge in [-0.25, -0.2) is 4.79 Å². The molecule has 0 aliphatic carbocycles. The van der Waals surface area contributed by atoms with E-state index < -0.39 is 10.9 Å². The molecule has 2 N–H and O–H groups in total. The number of piperidine rings is 1. The molecule has 21 heavy (non-hydrogen) atoms. The zero-order chi connectivity index (χ0) is 15.4. The molecule has 2 rings (SSSR count). The van der Waals surface area contributed by atoms with E-state index >= 15 is 0 Å². The van der Waals surface area contributed by atoms with Crippen LogP contribution in [0, 0.1) is 16.0 Å². The maximum atomic E-state index is 11.3. The highest BCUT2D eigenvalue weighted by Crippen LogP contribution is 2.25. The molecule has 1 aliphatic heterocycles. The third kappa shape index (κ3) is 3.56. The fourth-order valence-corrected chi connectivity index (χ4v) is 2.69. The number of hydrogen-bond donors (Lipinski definition) is 2. The van der Waals surface area contributed by atoms with Crippen molar-refractivity contribution in [3.63, 3.8) is 0 Å². The van der Waals surface area contributed by atoms with Gasteiger partial charge in [0.2, 0.25) is 0 Å². The summed E-state index contributed by atoms with van der Waals surface area (Å²) in [6, 6.07) is 4.35. The Morgan fingerprint density at radius 3 is 2.57 bits per heavy atom. The smallest absolute Gasteiger partial charge is 0.343 e. The number of nitro groups is 1. The maximum Gasteiger partial charge on any atom is 0.343 e. The van der Waals surface area contributed by atoms with Gasteiger partial charge in [-0.2, -0.15) is 0 Å². The van der Waals surface area contributed by atoms with E-state index in [1.165, 1.54) is 12.1 Å². The minimum absolute atomic E-state index is 0.172. The van der Waals surface area contributed by atoms with Crippen molar-refractivity contribution in [2.45, 2.75) is 19.4 Å². The Morgan fingerprint density at radius 2 is 2.05 bits per heavy atom. The molecule has 1 heterocycles. The second kappa shape index (κ2) is 6.64. The van der Waals surface area contributed by atoms with Crippen molar-refractivity contribution < 1.29 is 19.9 Å². The average molecular weight is 294 g/mol. The Hall–Kier alpha value is -1.99. The minimum atomic E-state index is -1.28. The normalized spacial score (nSPS) is 16.8. The van der Waals surface area contributed by atoms with Crippen LogP contribution in [0.2, 0.25) is 0 Å². The van der Waals surface area contributed by atoms with Gasteiger partial charge in [-0.05, 0) is 37.4 Å². The minimum Gasteiger partial charge on any atom is -0.477 e. The van der Waals surface area contributed by atoms with Crippen LogP contribution in [0.4, 0.5) is 5.69 Å². The number of aliphatic hydroxyl groups excluding tert-OH is 1. The number of carboxylic acids is 1. The fourth-order valence-electron chi connectivity index (χ4n) is 2.69. The van der Waals surface area contributed by atoms with Gasteiger partial charge in [0.15, 0.2) is 0 Å². The Labute approximate surface area is 122 Å². The molecule has 0 spiro atoms. The Balaban J connectivity index is 2.19. The van der Waals surface area contributed by atoms with Crippen LogP contribution < -0.4 is 0 Å². The summed E-state index contributed by atoms with van der Waals surface area (Å²) in [6.07, 6.45) is 1.71. The molecule has 1 aromatic rings. The first-order valence-electron chi connectivity index (χ1n) is 6.85. The van der Waals surface area contributed by atoms with Gasteiger partial charge in [0.05, 0.1) is 4.92 Å². The van der Waals surface area contributed by atoms with Crippen molar-refractivity contribution in [1.82, 2.24) is 4.90 Å². The van der Waals surface area contributed by atoms with Crippen molar-refractivity contribution in [3.05, 3.63) is 39.4 Å². The highest BCUT2D eigenvalue weighted by molar-refractivity contribution is 5.94. The summed E-state index contributed by atoms with van der Waals surface area (Å²) in [6.45, 7) is 2.06. The molecular weight excluding hydrogens is 276 g/mol. The van der Waals surface area contributed by atoms with E-state index in [1.807, 2.05) is 0 Å². The van der Waals surface area contributed by atoms with Crippen molar-refractivity contribution in [1.29, 1.82) is 0 Å². The number of aromatic carboxylic acids is 1. The molecule has 7 nitrogen and oxygen atoms in total. The molecule has 0 amide bonds. The van der Waals surface area contributed by atoms with Crippen molar-refractivity contribution in [2.24, 2.45) is 5.92 Å². The molecule has 0 aromatic heterocycles. The summed E-state index contributed by atoms with van der Waals surface area (Å²) < 4.78 is 0. The Bertz CT molecular complexity index is 538. The first-order chi connectivity index (χ1) is 10.0. The van der Waals surface area contributed by atoms with Crippen LogP contribution in [0.25, 0.3) is 0 Å². The number of carboxylic acid groups (broad SMARTS) is 1. The summed E-state index contributed by atoms with van der Waals surface area (Å²) >= 11 is 0. The molecule has 0 bridgehead atoms. The fraction of sp³-hybridized carbons (Fsp3) is 0.500. The number of hydrogen-bond acceptors (Lipinski definition) is 5. The predicted molar refractivity (Wildman–Crippen MR) is 75.1 cm³/mol. The number of benzene rings is 1. The number of likely N-dealkylation sites (tertiary alicyclic amines) is 1. The van der Waals surface area contributed by atoms with Crippen LogP contribution >= 0.6 is 0 Å². The molecule has 1 saturated heterocycles. The molecule has 0 saturated carbocycles. The van der Waals surface area contributed by atoms with Crippen molar-refractivity contribution in [3.8, 4) is 0 Å². The van der Waals surface area contributed by atoms with Gasteiger partial charge in [0, 0.05) is 19.2 Å². The lowest BCUT2D eigenvalue weighted by Crippen LogP contribution is -2.34. The van der Waals surface area contributed by atoms with Crippen LogP contribution in [-0.4, -0.2) is 45.7 Å². The van der Waals surface area contributed by atoms with Gasteiger partial charge in [-0.15, -0.1) is 0 Å². The SMILES string of the molecule is O=C(O)c1c(CN2CCC(CO)CC2)cccc1[N+](=O)[O-]. The maximum absolute atomic E-state index is 11.3. The van der Waals surface area contributed by atoms with E-state index in [9.17, 15) is 20.0 Å². The summed E-state index contributed by atoms with van der Waals surface area (Å²) in [4.78, 5) is 23.7. The lowest BCUT2D eigenvalue weighted by molar-refractivity contribution is -0.385. The first-order valence-corrected chi connectivity index (χ1v) is 6.85. The summed E-state index contributed by atoms with van der Waals surface area (Å²) in [5.74, 6) is -0.979. The molecule has 7 heteroatoms. The second-order valence-electron chi connectivity index (χ2n) is 5.28. The summed E-state index contributed by atoms with van der Waals surface area (Å²) in [5.41, 5.74) is -0.142. The number of carbonyl (C=O) groups is 1. The Kier molecular flexibility index (Phi) is 4.87. The largest absolute Gasteiger partial charge is 0.477 e. The first kappa shape index (κ1) is 15.4. The van der Waals surface area contributed by atoms with Crippen LogP contribution in [0.3, 0.4) is 0 Å². The predicted octanol–water partition coefficient (Wildman–Crippen LogP) is 1.50. The van der Waals surface area contributed by atoms with E-state index in [4.69, 9.17) is 5.11 Å². The molecule has 1 aliphatic rings. The van der Waals surface area contributed by atoms with Crippen LogP contribution in [0.5, 0.6) is 0 Å². The zero-order valence-electron chi connectivity index (χ0n) is 11.6. The lowest BCUT2D eigenvalue weighted by atomic mass is 9.97. The van der Waals surface area contributed by atoms with E-state index in [-0.39, 0.29) is 17.9 Å². The van der Waals surface area contributed by atoms with Gasteiger partial charge in [0.1, 0.15) is 5.56 Å². The highest BCUT2D eigenvalue weighted by Gasteiger charge is 2.25. The van der Waals surface area contributed by atoms with Crippen molar-refractivity contribution >= 4 is 11.7 Å². The third-order valence-corrected chi connectivity index (χ3v) is 3.90. The van der Waals surface area contributed by atoms with E-state index in [0.29, 0.717) is 18.0 Å². The van der Waals surface area contributed by atoms with Crippen LogP contribution in [0.1, 0.15) is 28.8 Å². The molecule has 0 atom stereocenters. The van der Waals surface area contributed by atoms with Crippen LogP contribution in [-0.2, 0) is 6.54 Å². The van der Waals surface area contributed by atoms with Crippen molar-refractivity contribution in [2.75, 3.05) is 19.7 Å². The number of nitrogens with zero attached hydrogens (tertiary/aromatic N) is 2. The van der Waals surface area contributed by atoms with E-state index in [2.05, 4.69) is 4.90 Å². The standard InChI is InChI=1S/C14H18N2O5/c17-9-10-4-6-15(7-5-10)8-11-2-1-3-12(16(20)21)13(11)14(18)19/h1-3,10,17H,4-9H2,(H,18,19). The number of aliphatic hydroxyl groups is 1. The molecule has 1 fully saturated rings. The highest BCUT2D eigenvalue weighted by atomic mass is 16.6. The quantitative estimate of drug-likeness (QED) is 0.630. The number of rotatable bonds is 5. The van der Waals surface area contributed by atoms with Gasteiger partial charge in [-0.3, -0.25) is 15.0 Å². The lowest BCUT2D eigenvalue weighted by Gasteiger charge is -2.31. The average Bonchev–Trinajstić information content (AvgIpc) is 2.47.